The number of halogens is 1. The molecule has 0 unspecified atom stereocenters. The summed E-state index contributed by atoms with van der Waals surface area (Å²) in [5.41, 5.74) is 4.95. The van der Waals surface area contributed by atoms with Gasteiger partial charge in [-0.25, -0.2) is 0 Å². The van der Waals surface area contributed by atoms with E-state index in [0.717, 1.165) is 41.2 Å². The molecule has 12 heteroatoms. The van der Waals surface area contributed by atoms with Crippen molar-refractivity contribution in [3.05, 3.63) is 62.1 Å². The summed E-state index contributed by atoms with van der Waals surface area (Å²) in [6, 6.07) is 11.6. The smallest absolute Gasteiger partial charge is 0.303 e. The van der Waals surface area contributed by atoms with Gasteiger partial charge in [0.25, 0.3) is 0 Å². The van der Waals surface area contributed by atoms with Gasteiger partial charge < -0.3 is 35.3 Å². The van der Waals surface area contributed by atoms with Gasteiger partial charge in [-0.2, -0.15) is 4.98 Å². The van der Waals surface area contributed by atoms with E-state index in [0.29, 0.717) is 46.8 Å². The Morgan fingerprint density at radius 2 is 1.81 bits per heavy atom. The molecule has 37 heavy (non-hydrogen) atoms. The van der Waals surface area contributed by atoms with Gasteiger partial charge >= 0.3 is 5.97 Å². The quantitative estimate of drug-likeness (QED) is 0.0868. The first-order valence-electron chi connectivity index (χ1n) is 11.8. The summed E-state index contributed by atoms with van der Waals surface area (Å²) in [4.78, 5) is 23.1. The summed E-state index contributed by atoms with van der Waals surface area (Å²) < 4.78 is 6.51. The number of nitrogens with one attached hydrogen (secondary N) is 4. The third-order valence-corrected chi connectivity index (χ3v) is 6.09. The third-order valence-electron chi connectivity index (χ3n) is 5.48. The van der Waals surface area contributed by atoms with E-state index in [9.17, 15) is 4.79 Å². The molecule has 0 amide bonds. The van der Waals surface area contributed by atoms with Crippen LogP contribution in [0.2, 0.25) is 5.02 Å². The van der Waals surface area contributed by atoms with Gasteiger partial charge in [0.05, 0.1) is 6.61 Å². The average molecular weight is 563 g/mol. The number of carboxylic acids is 1. The highest BCUT2D eigenvalue weighted by Gasteiger charge is 2.14. The molecule has 0 bridgehead atoms. The van der Waals surface area contributed by atoms with Crippen LogP contribution in [0.15, 0.2) is 36.4 Å². The van der Waals surface area contributed by atoms with E-state index in [-0.39, 0.29) is 6.42 Å². The Labute approximate surface area is 231 Å². The summed E-state index contributed by atoms with van der Waals surface area (Å²) in [6.45, 7) is 6.35. The first kappa shape index (κ1) is 28.6. The van der Waals surface area contributed by atoms with E-state index in [1.807, 2.05) is 50.2 Å². The fraction of sp³-hybridized carbons (Fsp3) is 0.360. The van der Waals surface area contributed by atoms with Crippen LogP contribution in [0.1, 0.15) is 30.4 Å². The summed E-state index contributed by atoms with van der Waals surface area (Å²) in [6.07, 6.45) is 1.49. The van der Waals surface area contributed by atoms with Crippen molar-refractivity contribution in [2.45, 2.75) is 33.1 Å². The minimum Gasteiger partial charge on any atom is -0.481 e. The lowest BCUT2D eigenvalue weighted by Crippen LogP contribution is -2.28. The molecule has 198 valence electrons. The monoisotopic (exact) mass is 562 g/mol. The molecule has 5 N–H and O–H groups in total. The largest absolute Gasteiger partial charge is 0.481 e. The minimum atomic E-state index is -0.787. The van der Waals surface area contributed by atoms with Crippen molar-refractivity contribution in [3.8, 4) is 0 Å². The molecule has 1 aromatic heterocycles. The number of aromatic amines is 2. The maximum absolute atomic E-state index is 11.0. The molecule has 0 saturated heterocycles. The number of aromatic nitrogens is 3. The molecule has 1 heterocycles. The molecule has 0 atom stereocenters. The molecule has 0 aliphatic rings. The zero-order valence-corrected chi connectivity index (χ0v) is 23.2. The Morgan fingerprint density at radius 1 is 1.11 bits per heavy atom. The maximum atomic E-state index is 11.0. The molecular formula is C25H31ClN6O3S2. The lowest BCUT2D eigenvalue weighted by molar-refractivity contribution is -0.137. The van der Waals surface area contributed by atoms with Crippen LogP contribution in [-0.4, -0.2) is 52.5 Å². The standard InChI is InChI=1S/C25H31ClN6O3S2/c1-16-12-18(26)13-17(2)22(16)32(9-4-8-21(33)34)10-5-11-35-15-27-19-6-3-7-20(14-19)28-23-29-24(36)31-25(37)30-23/h3,6-7,12-14,27H,4-5,8-11,15H2,1-2H3,(H,33,34)(H3,28,29,30,31,36,37). The molecule has 0 spiro atoms. The summed E-state index contributed by atoms with van der Waals surface area (Å²) in [5.74, 6) is -0.327. The van der Waals surface area contributed by atoms with Gasteiger partial charge in [0, 0.05) is 41.6 Å². The van der Waals surface area contributed by atoms with Gasteiger partial charge in [0.2, 0.25) is 10.7 Å². The van der Waals surface area contributed by atoms with E-state index in [1.165, 1.54) is 0 Å². The first-order valence-corrected chi connectivity index (χ1v) is 13.0. The zero-order valence-electron chi connectivity index (χ0n) is 20.8. The highest BCUT2D eigenvalue weighted by Crippen LogP contribution is 2.29. The molecule has 0 fully saturated rings. The van der Waals surface area contributed by atoms with Crippen molar-refractivity contribution in [1.29, 1.82) is 0 Å². The van der Waals surface area contributed by atoms with Gasteiger partial charge in [-0.05, 0) is 92.6 Å². The number of anilines is 4. The number of nitrogens with zero attached hydrogens (tertiary/aromatic N) is 2. The van der Waals surface area contributed by atoms with E-state index < -0.39 is 5.97 Å². The molecule has 3 rings (SSSR count). The molecule has 0 saturated carbocycles. The number of aryl methyl sites for hydroxylation is 2. The number of H-pyrrole nitrogens is 2. The number of hydrogen-bond acceptors (Lipinski definition) is 8. The number of hydrogen-bond donors (Lipinski definition) is 5. The lowest BCUT2D eigenvalue weighted by Gasteiger charge is -2.28. The van der Waals surface area contributed by atoms with Crippen LogP contribution in [0.25, 0.3) is 0 Å². The number of benzene rings is 2. The number of ether oxygens (including phenoxy) is 1. The van der Waals surface area contributed by atoms with Crippen LogP contribution in [0.3, 0.4) is 0 Å². The second-order valence-corrected chi connectivity index (χ2v) is 9.74. The Balaban J connectivity index is 1.49. The summed E-state index contributed by atoms with van der Waals surface area (Å²) >= 11 is 16.4. The minimum absolute atomic E-state index is 0.135. The fourth-order valence-corrected chi connectivity index (χ4v) is 4.80. The lowest BCUT2D eigenvalue weighted by atomic mass is 10.1. The Hall–Kier alpha value is -2.99. The maximum Gasteiger partial charge on any atom is 0.303 e. The predicted molar refractivity (Wildman–Crippen MR) is 153 cm³/mol. The number of rotatable bonds is 14. The van der Waals surface area contributed by atoms with Crippen LogP contribution in [-0.2, 0) is 9.53 Å². The topological polar surface area (TPSA) is 118 Å². The molecule has 2 aromatic carbocycles. The van der Waals surface area contributed by atoms with E-state index in [2.05, 4.69) is 30.5 Å². The number of carbonyl (C=O) groups is 1. The van der Waals surface area contributed by atoms with Crippen molar-refractivity contribution in [2.75, 3.05) is 42.0 Å². The fourth-order valence-electron chi connectivity index (χ4n) is 4.02. The summed E-state index contributed by atoms with van der Waals surface area (Å²) in [7, 11) is 0. The van der Waals surface area contributed by atoms with Crippen LogP contribution in [0.5, 0.6) is 0 Å². The van der Waals surface area contributed by atoms with Crippen molar-refractivity contribution >= 4 is 65.0 Å². The SMILES string of the molecule is Cc1cc(Cl)cc(C)c1N(CCCOCNc1cccc(Nc2nc(=S)[nH]c(=S)[nH]2)c1)CCCC(=O)O. The van der Waals surface area contributed by atoms with Crippen LogP contribution >= 0.6 is 36.0 Å². The van der Waals surface area contributed by atoms with Crippen LogP contribution in [0, 0.1) is 23.4 Å². The Kier molecular flexibility index (Phi) is 10.9. The second-order valence-electron chi connectivity index (χ2n) is 8.51. The van der Waals surface area contributed by atoms with Crippen molar-refractivity contribution in [1.82, 2.24) is 15.0 Å². The molecule has 0 aliphatic carbocycles. The average Bonchev–Trinajstić information content (AvgIpc) is 2.79. The number of carboxylic acid groups (broad SMARTS) is 1. The Morgan fingerprint density at radius 3 is 2.51 bits per heavy atom. The van der Waals surface area contributed by atoms with Gasteiger partial charge in [0.1, 0.15) is 6.73 Å². The Bertz CT molecular complexity index is 1280. The predicted octanol–water partition coefficient (Wildman–Crippen LogP) is 6.36. The van der Waals surface area contributed by atoms with Gasteiger partial charge in [-0.15, -0.1) is 0 Å². The highest BCUT2D eigenvalue weighted by molar-refractivity contribution is 7.71. The highest BCUT2D eigenvalue weighted by atomic mass is 35.5. The first-order chi connectivity index (χ1) is 17.7. The normalized spacial score (nSPS) is 10.8. The van der Waals surface area contributed by atoms with Crippen molar-refractivity contribution < 1.29 is 14.6 Å². The molecule has 9 nitrogen and oxygen atoms in total. The van der Waals surface area contributed by atoms with E-state index in [1.54, 1.807) is 0 Å². The molecular weight excluding hydrogens is 532 g/mol. The van der Waals surface area contributed by atoms with Crippen LogP contribution in [0.4, 0.5) is 23.0 Å². The number of aliphatic carboxylic acids is 1. The van der Waals surface area contributed by atoms with Crippen LogP contribution < -0.4 is 15.5 Å². The molecule has 0 radical (unpaired) electrons. The van der Waals surface area contributed by atoms with E-state index >= 15 is 0 Å². The zero-order chi connectivity index (χ0) is 26.8. The van der Waals surface area contributed by atoms with Crippen molar-refractivity contribution in [2.24, 2.45) is 0 Å². The van der Waals surface area contributed by atoms with Gasteiger partial charge in [0.15, 0.2) is 4.77 Å². The van der Waals surface area contributed by atoms with Gasteiger partial charge in [-0.3, -0.25) is 4.79 Å². The summed E-state index contributed by atoms with van der Waals surface area (Å²) in [5, 5.41) is 16.1. The van der Waals surface area contributed by atoms with E-state index in [4.69, 9.17) is 45.9 Å². The molecule has 3 aromatic rings. The van der Waals surface area contributed by atoms with Crippen molar-refractivity contribution in [3.63, 3.8) is 0 Å². The van der Waals surface area contributed by atoms with Gasteiger partial charge in [-0.1, -0.05) is 17.7 Å². The third kappa shape index (κ3) is 9.43. The molecule has 0 aliphatic heterocycles. The second kappa shape index (κ2) is 14.1.